The predicted molar refractivity (Wildman–Crippen MR) is 72.9 cm³/mol. The molecule has 1 aliphatic rings. The fourth-order valence-corrected chi connectivity index (χ4v) is 2.91. The highest BCUT2D eigenvalue weighted by Crippen LogP contribution is 2.21. The van der Waals surface area contributed by atoms with E-state index >= 15 is 0 Å². The molecule has 0 N–H and O–H groups in total. The number of nitrogens with zero attached hydrogens (tertiary/aromatic N) is 1. The number of likely N-dealkylation sites (N-methyl/N-ethyl adjacent to an activating group) is 1. The van der Waals surface area contributed by atoms with Gasteiger partial charge in [-0.15, -0.1) is 0 Å². The van der Waals surface area contributed by atoms with Gasteiger partial charge < -0.3 is 0 Å². The van der Waals surface area contributed by atoms with Crippen LogP contribution in [0, 0.1) is 0 Å². The Kier molecular flexibility index (Phi) is 4.35. The second kappa shape index (κ2) is 5.78. The molecule has 0 aromatic heterocycles. The largest absolute Gasteiger partial charge is 0.298 e. The predicted octanol–water partition coefficient (Wildman–Crippen LogP) is 3.39. The Morgan fingerprint density at radius 3 is 2.94 bits per heavy atom. The van der Waals surface area contributed by atoms with E-state index in [1.807, 2.05) is 12.1 Å². The number of benzene rings is 1. The highest BCUT2D eigenvalue weighted by Gasteiger charge is 2.25. The van der Waals surface area contributed by atoms with Gasteiger partial charge in [0.15, 0.2) is 0 Å². The zero-order valence-electron chi connectivity index (χ0n) is 10.2. The lowest BCUT2D eigenvalue weighted by Crippen LogP contribution is -2.39. The van der Waals surface area contributed by atoms with Crippen LogP contribution in [0.1, 0.15) is 31.2 Å². The van der Waals surface area contributed by atoms with Crippen molar-refractivity contribution >= 4 is 21.7 Å². The third kappa shape index (κ3) is 3.39. The molecule has 0 amide bonds. The maximum atomic E-state index is 11.8. The number of ketones is 1. The molecule has 1 aromatic rings. The third-order valence-electron chi connectivity index (χ3n) is 3.38. The van der Waals surface area contributed by atoms with Crippen LogP contribution < -0.4 is 0 Å². The van der Waals surface area contributed by atoms with Gasteiger partial charge in [0.05, 0.1) is 6.04 Å². The molecule has 0 spiro atoms. The van der Waals surface area contributed by atoms with Crippen LogP contribution in [0.3, 0.4) is 0 Å². The van der Waals surface area contributed by atoms with Crippen LogP contribution in [0.25, 0.3) is 0 Å². The van der Waals surface area contributed by atoms with E-state index < -0.39 is 0 Å². The summed E-state index contributed by atoms with van der Waals surface area (Å²) in [4.78, 5) is 14.0. The van der Waals surface area contributed by atoms with Gasteiger partial charge in [-0.1, -0.05) is 34.5 Å². The van der Waals surface area contributed by atoms with Crippen molar-refractivity contribution in [3.8, 4) is 0 Å². The average molecular weight is 296 g/mol. The first-order valence-corrected chi connectivity index (χ1v) is 6.93. The van der Waals surface area contributed by atoms with Gasteiger partial charge in [-0.3, -0.25) is 9.69 Å². The summed E-state index contributed by atoms with van der Waals surface area (Å²) in [6, 6.07) is 8.41. The molecule has 1 aliphatic carbocycles. The van der Waals surface area contributed by atoms with E-state index in [9.17, 15) is 4.79 Å². The highest BCUT2D eigenvalue weighted by atomic mass is 79.9. The number of carbonyl (C=O) groups is 1. The van der Waals surface area contributed by atoms with E-state index in [4.69, 9.17) is 0 Å². The lowest BCUT2D eigenvalue weighted by Gasteiger charge is -2.29. The minimum absolute atomic E-state index is 0.128. The maximum Gasteiger partial charge on any atom is 0.149 e. The molecule has 0 aliphatic heterocycles. The number of Topliss-reactive ketones (excluding diaryl/α,β-unsaturated/α-hetero) is 1. The molecule has 0 radical (unpaired) electrons. The molecule has 17 heavy (non-hydrogen) atoms. The Morgan fingerprint density at radius 1 is 1.41 bits per heavy atom. The van der Waals surface area contributed by atoms with Crippen LogP contribution in [0.15, 0.2) is 28.7 Å². The van der Waals surface area contributed by atoms with Crippen molar-refractivity contribution in [2.75, 3.05) is 7.05 Å². The smallest absolute Gasteiger partial charge is 0.149 e. The van der Waals surface area contributed by atoms with E-state index in [0.717, 1.165) is 30.3 Å². The minimum Gasteiger partial charge on any atom is -0.298 e. The Hall–Kier alpha value is -0.670. The van der Waals surface area contributed by atoms with E-state index in [0.29, 0.717) is 5.78 Å². The van der Waals surface area contributed by atoms with Crippen molar-refractivity contribution in [1.82, 2.24) is 4.90 Å². The van der Waals surface area contributed by atoms with Gasteiger partial charge >= 0.3 is 0 Å². The Morgan fingerprint density at radius 2 is 2.24 bits per heavy atom. The van der Waals surface area contributed by atoms with Crippen molar-refractivity contribution in [2.24, 2.45) is 0 Å². The van der Waals surface area contributed by atoms with Gasteiger partial charge in [0.25, 0.3) is 0 Å². The van der Waals surface area contributed by atoms with Crippen molar-refractivity contribution in [1.29, 1.82) is 0 Å². The summed E-state index contributed by atoms with van der Waals surface area (Å²) in [6.07, 6.45) is 4.02. The summed E-state index contributed by atoms with van der Waals surface area (Å²) in [5, 5.41) is 0. The van der Waals surface area contributed by atoms with Crippen LogP contribution >= 0.6 is 15.9 Å². The van der Waals surface area contributed by atoms with Gasteiger partial charge in [0, 0.05) is 17.4 Å². The molecule has 1 saturated carbocycles. The third-order valence-corrected chi connectivity index (χ3v) is 3.87. The first-order valence-electron chi connectivity index (χ1n) is 6.14. The number of carbonyl (C=O) groups excluding carboxylic acids is 1. The first kappa shape index (κ1) is 12.8. The zero-order chi connectivity index (χ0) is 12.3. The van der Waals surface area contributed by atoms with Gasteiger partial charge in [-0.2, -0.15) is 0 Å². The molecule has 0 heterocycles. The number of halogens is 1. The van der Waals surface area contributed by atoms with Crippen LogP contribution in [0.4, 0.5) is 0 Å². The van der Waals surface area contributed by atoms with Crippen molar-refractivity contribution in [3.63, 3.8) is 0 Å². The van der Waals surface area contributed by atoms with Gasteiger partial charge in [0.2, 0.25) is 0 Å². The van der Waals surface area contributed by atoms with Crippen LogP contribution in [-0.2, 0) is 11.3 Å². The van der Waals surface area contributed by atoms with Crippen LogP contribution in [0.5, 0.6) is 0 Å². The van der Waals surface area contributed by atoms with E-state index in [1.54, 1.807) is 0 Å². The second-order valence-corrected chi connectivity index (χ2v) is 5.69. The van der Waals surface area contributed by atoms with Crippen molar-refractivity contribution in [3.05, 3.63) is 34.3 Å². The fraction of sp³-hybridized carbons (Fsp3) is 0.500. The van der Waals surface area contributed by atoms with Crippen LogP contribution in [-0.4, -0.2) is 23.8 Å². The molecular formula is C14H18BrNO. The summed E-state index contributed by atoms with van der Waals surface area (Å²) >= 11 is 3.47. The molecule has 0 saturated heterocycles. The average Bonchev–Trinajstić information content (AvgIpc) is 2.29. The Balaban J connectivity index is 2.00. The molecule has 2 nitrogen and oxygen atoms in total. The molecule has 92 valence electrons. The normalized spacial score (nSPS) is 20.9. The van der Waals surface area contributed by atoms with Crippen LogP contribution in [0.2, 0.25) is 0 Å². The van der Waals surface area contributed by atoms with Gasteiger partial charge in [0.1, 0.15) is 5.78 Å². The summed E-state index contributed by atoms with van der Waals surface area (Å²) in [7, 11) is 2.05. The molecule has 1 fully saturated rings. The van der Waals surface area contributed by atoms with Crippen molar-refractivity contribution in [2.45, 2.75) is 38.3 Å². The molecule has 1 aromatic carbocycles. The zero-order valence-corrected chi connectivity index (χ0v) is 11.7. The fourth-order valence-electron chi connectivity index (χ4n) is 2.46. The lowest BCUT2D eigenvalue weighted by molar-refractivity contribution is -0.125. The molecule has 3 heteroatoms. The van der Waals surface area contributed by atoms with E-state index in [2.05, 4.69) is 40.0 Å². The van der Waals surface area contributed by atoms with Gasteiger partial charge in [-0.05, 0) is 37.6 Å². The Bertz CT molecular complexity index is 405. The molecule has 1 unspecified atom stereocenters. The number of hydrogen-bond acceptors (Lipinski definition) is 2. The monoisotopic (exact) mass is 295 g/mol. The summed E-state index contributed by atoms with van der Waals surface area (Å²) in [5.41, 5.74) is 1.25. The highest BCUT2D eigenvalue weighted by molar-refractivity contribution is 9.10. The SMILES string of the molecule is CN(Cc1cccc(Br)c1)C1CCCCC1=O. The summed E-state index contributed by atoms with van der Waals surface area (Å²) in [6.45, 7) is 0.843. The first-order chi connectivity index (χ1) is 8.16. The minimum atomic E-state index is 0.128. The molecular weight excluding hydrogens is 278 g/mol. The van der Waals surface area contributed by atoms with Crippen molar-refractivity contribution < 1.29 is 4.79 Å². The summed E-state index contributed by atoms with van der Waals surface area (Å²) in [5.74, 6) is 0.411. The molecule has 0 bridgehead atoms. The van der Waals surface area contributed by atoms with E-state index in [-0.39, 0.29) is 6.04 Å². The second-order valence-electron chi connectivity index (χ2n) is 4.77. The summed E-state index contributed by atoms with van der Waals surface area (Å²) < 4.78 is 1.10. The topological polar surface area (TPSA) is 20.3 Å². The number of rotatable bonds is 3. The van der Waals surface area contributed by atoms with E-state index in [1.165, 1.54) is 12.0 Å². The Labute approximate surface area is 111 Å². The number of hydrogen-bond donors (Lipinski definition) is 0. The maximum absolute atomic E-state index is 11.8. The quantitative estimate of drug-likeness (QED) is 0.852. The lowest BCUT2D eigenvalue weighted by atomic mass is 9.93. The molecule has 1 atom stereocenters. The standard InChI is InChI=1S/C14H18BrNO/c1-16(13-7-2-3-8-14(13)17)10-11-5-4-6-12(15)9-11/h4-6,9,13H,2-3,7-8,10H2,1H3. The van der Waals surface area contributed by atoms with Gasteiger partial charge in [-0.25, -0.2) is 0 Å². The molecule has 2 rings (SSSR count).